The van der Waals surface area contributed by atoms with E-state index in [0.717, 1.165) is 4.88 Å². The summed E-state index contributed by atoms with van der Waals surface area (Å²) in [5, 5.41) is 9.00. The molecule has 1 aromatic heterocycles. The van der Waals surface area contributed by atoms with Crippen molar-refractivity contribution in [1.29, 1.82) is 0 Å². The number of carboxylic acid groups (broad SMARTS) is 1. The molecule has 0 aromatic carbocycles. The molecule has 0 atom stereocenters. The van der Waals surface area contributed by atoms with E-state index in [1.165, 1.54) is 11.3 Å². The first kappa shape index (κ1) is 12.0. The lowest BCUT2D eigenvalue weighted by Gasteiger charge is -2.14. The molecule has 0 aliphatic carbocycles. The zero-order valence-corrected chi connectivity index (χ0v) is 10.3. The highest BCUT2D eigenvalue weighted by Crippen LogP contribution is 2.36. The minimum Gasteiger partial charge on any atom is -0.492 e. The molecule has 0 fully saturated rings. The molecule has 0 spiro atoms. The third-order valence-corrected chi connectivity index (χ3v) is 3.46. The minimum absolute atomic E-state index is 0.0375. The van der Waals surface area contributed by atoms with Gasteiger partial charge in [0.05, 0.1) is 6.61 Å². The van der Waals surface area contributed by atoms with Crippen LogP contribution in [0.4, 0.5) is 0 Å². The molecule has 1 N–H and O–H groups in total. The highest BCUT2D eigenvalue weighted by Gasteiger charge is 2.23. The second-order valence-corrected chi connectivity index (χ2v) is 5.34. The molecule has 0 aliphatic rings. The van der Waals surface area contributed by atoms with Crippen molar-refractivity contribution in [1.82, 2.24) is 0 Å². The largest absolute Gasteiger partial charge is 0.492 e. The third kappa shape index (κ3) is 2.72. The van der Waals surface area contributed by atoms with E-state index in [2.05, 4.69) is 20.8 Å². The van der Waals surface area contributed by atoms with Crippen LogP contribution in [0.3, 0.4) is 0 Å². The minimum atomic E-state index is -0.918. The monoisotopic (exact) mass is 228 g/mol. The molecule has 0 amide bonds. The molecule has 1 heterocycles. The van der Waals surface area contributed by atoms with Crippen molar-refractivity contribution in [3.05, 3.63) is 15.8 Å². The Hall–Kier alpha value is -1.03. The molecule has 84 valence electrons. The lowest BCUT2D eigenvalue weighted by molar-refractivity contribution is 0.0698. The van der Waals surface area contributed by atoms with E-state index in [4.69, 9.17) is 9.84 Å². The lowest BCUT2D eigenvalue weighted by atomic mass is 9.95. The summed E-state index contributed by atoms with van der Waals surface area (Å²) in [5.41, 5.74) is -0.0375. The Morgan fingerprint density at radius 3 is 2.53 bits per heavy atom. The smallest absolute Gasteiger partial charge is 0.349 e. The first-order chi connectivity index (χ1) is 6.86. The molecule has 0 aliphatic heterocycles. The van der Waals surface area contributed by atoms with Gasteiger partial charge in [0.15, 0.2) is 4.88 Å². The zero-order valence-electron chi connectivity index (χ0n) is 9.46. The maximum Gasteiger partial charge on any atom is 0.349 e. The summed E-state index contributed by atoms with van der Waals surface area (Å²) in [6.07, 6.45) is 0. The highest BCUT2D eigenvalue weighted by atomic mass is 32.1. The standard InChI is InChI=1S/C11H16O3S/c1-5-14-7-6-8(11(2,3)4)15-9(7)10(12)13/h6H,5H2,1-4H3,(H,12,13). The number of carbonyl (C=O) groups is 1. The molecule has 3 nitrogen and oxygen atoms in total. The first-order valence-electron chi connectivity index (χ1n) is 4.86. The third-order valence-electron chi connectivity index (χ3n) is 1.93. The molecular formula is C11H16O3S. The van der Waals surface area contributed by atoms with Crippen LogP contribution >= 0.6 is 11.3 Å². The van der Waals surface area contributed by atoms with Crippen molar-refractivity contribution in [2.24, 2.45) is 0 Å². The van der Waals surface area contributed by atoms with Crippen LogP contribution in [0.2, 0.25) is 0 Å². The first-order valence-corrected chi connectivity index (χ1v) is 5.68. The Morgan fingerprint density at radius 1 is 1.53 bits per heavy atom. The number of thiophene rings is 1. The number of hydrogen-bond donors (Lipinski definition) is 1. The van der Waals surface area contributed by atoms with E-state index < -0.39 is 5.97 Å². The van der Waals surface area contributed by atoms with Crippen molar-refractivity contribution in [3.8, 4) is 5.75 Å². The fourth-order valence-electron chi connectivity index (χ4n) is 1.16. The summed E-state index contributed by atoms with van der Waals surface area (Å²) in [4.78, 5) is 12.3. The van der Waals surface area contributed by atoms with Crippen LogP contribution in [0.1, 0.15) is 42.2 Å². The zero-order chi connectivity index (χ0) is 11.6. The quantitative estimate of drug-likeness (QED) is 0.864. The lowest BCUT2D eigenvalue weighted by Crippen LogP contribution is -2.08. The fourth-order valence-corrected chi connectivity index (χ4v) is 2.15. The van der Waals surface area contributed by atoms with Crippen LogP contribution in [0.15, 0.2) is 6.07 Å². The van der Waals surface area contributed by atoms with Crippen LogP contribution in [0.5, 0.6) is 5.75 Å². The number of hydrogen-bond acceptors (Lipinski definition) is 3. The van der Waals surface area contributed by atoms with Gasteiger partial charge in [0.25, 0.3) is 0 Å². The van der Waals surface area contributed by atoms with Crippen LogP contribution in [-0.4, -0.2) is 17.7 Å². The Bertz CT molecular complexity index is 360. The van der Waals surface area contributed by atoms with Gasteiger partial charge in [0, 0.05) is 4.88 Å². The van der Waals surface area contributed by atoms with Crippen LogP contribution in [-0.2, 0) is 5.41 Å². The van der Waals surface area contributed by atoms with Gasteiger partial charge in [-0.25, -0.2) is 4.79 Å². The summed E-state index contributed by atoms with van der Waals surface area (Å²) in [5.74, 6) is -0.432. The molecule has 1 rings (SSSR count). The van der Waals surface area contributed by atoms with Gasteiger partial charge in [-0.3, -0.25) is 0 Å². The van der Waals surface area contributed by atoms with Gasteiger partial charge in [-0.05, 0) is 18.4 Å². The number of ether oxygens (including phenoxy) is 1. The molecule has 0 saturated carbocycles. The van der Waals surface area contributed by atoms with Gasteiger partial charge in [0.1, 0.15) is 5.75 Å². The second-order valence-electron chi connectivity index (χ2n) is 4.29. The molecular weight excluding hydrogens is 212 g/mol. The maximum atomic E-state index is 11.0. The topological polar surface area (TPSA) is 46.5 Å². The maximum absolute atomic E-state index is 11.0. The average molecular weight is 228 g/mol. The van der Waals surface area contributed by atoms with Crippen molar-refractivity contribution in [3.63, 3.8) is 0 Å². The van der Waals surface area contributed by atoms with Crippen molar-refractivity contribution < 1.29 is 14.6 Å². The predicted molar refractivity (Wildman–Crippen MR) is 61.1 cm³/mol. The molecule has 0 saturated heterocycles. The van der Waals surface area contributed by atoms with E-state index in [-0.39, 0.29) is 5.41 Å². The molecule has 15 heavy (non-hydrogen) atoms. The summed E-state index contributed by atoms with van der Waals surface area (Å²) in [6.45, 7) is 8.50. The van der Waals surface area contributed by atoms with Crippen molar-refractivity contribution in [2.75, 3.05) is 6.61 Å². The van der Waals surface area contributed by atoms with Gasteiger partial charge < -0.3 is 9.84 Å². The number of rotatable bonds is 3. The summed E-state index contributed by atoms with van der Waals surface area (Å²) in [6, 6.07) is 1.83. The summed E-state index contributed by atoms with van der Waals surface area (Å²) >= 11 is 1.29. The second kappa shape index (κ2) is 4.23. The van der Waals surface area contributed by atoms with Gasteiger partial charge in [-0.15, -0.1) is 11.3 Å². The highest BCUT2D eigenvalue weighted by molar-refractivity contribution is 7.14. The molecule has 1 aromatic rings. The predicted octanol–water partition coefficient (Wildman–Crippen LogP) is 3.14. The SMILES string of the molecule is CCOc1cc(C(C)(C)C)sc1C(=O)O. The Balaban J connectivity index is 3.15. The van der Waals surface area contributed by atoms with Crippen molar-refractivity contribution >= 4 is 17.3 Å². The van der Waals surface area contributed by atoms with Crippen LogP contribution in [0.25, 0.3) is 0 Å². The number of aromatic carboxylic acids is 1. The molecule has 4 heteroatoms. The summed E-state index contributed by atoms with van der Waals surface area (Å²) in [7, 11) is 0. The van der Waals surface area contributed by atoms with E-state index in [1.54, 1.807) is 0 Å². The van der Waals surface area contributed by atoms with Gasteiger partial charge >= 0.3 is 5.97 Å². The molecule has 0 radical (unpaired) electrons. The average Bonchev–Trinajstić information content (AvgIpc) is 2.48. The molecule has 0 unspecified atom stereocenters. The van der Waals surface area contributed by atoms with E-state index in [9.17, 15) is 4.79 Å². The number of carboxylic acids is 1. The van der Waals surface area contributed by atoms with Gasteiger partial charge in [0.2, 0.25) is 0 Å². The normalized spacial score (nSPS) is 11.5. The Morgan fingerprint density at radius 2 is 2.13 bits per heavy atom. The van der Waals surface area contributed by atoms with Gasteiger partial charge in [-0.2, -0.15) is 0 Å². The van der Waals surface area contributed by atoms with E-state index in [0.29, 0.717) is 17.2 Å². The Kier molecular flexibility index (Phi) is 3.39. The van der Waals surface area contributed by atoms with E-state index in [1.807, 2.05) is 13.0 Å². The van der Waals surface area contributed by atoms with Gasteiger partial charge in [-0.1, -0.05) is 20.8 Å². The van der Waals surface area contributed by atoms with Crippen LogP contribution < -0.4 is 4.74 Å². The molecule has 0 bridgehead atoms. The van der Waals surface area contributed by atoms with Crippen molar-refractivity contribution in [2.45, 2.75) is 33.1 Å². The Labute approximate surface area is 93.7 Å². The van der Waals surface area contributed by atoms with Crippen LogP contribution in [0, 0.1) is 0 Å². The van der Waals surface area contributed by atoms with E-state index >= 15 is 0 Å². The summed E-state index contributed by atoms with van der Waals surface area (Å²) < 4.78 is 5.30. The fraction of sp³-hybridized carbons (Fsp3) is 0.545.